The fourth-order valence-corrected chi connectivity index (χ4v) is 2.97. The molecule has 0 saturated heterocycles. The molecule has 0 amide bonds. The van der Waals surface area contributed by atoms with Gasteiger partial charge in [-0.15, -0.1) is 0 Å². The van der Waals surface area contributed by atoms with Crippen LogP contribution in [0.15, 0.2) is 48.5 Å². The summed E-state index contributed by atoms with van der Waals surface area (Å²) in [5.74, 6) is 1.94. The van der Waals surface area contributed by atoms with Gasteiger partial charge in [0.1, 0.15) is 11.5 Å². The highest BCUT2D eigenvalue weighted by atomic mass is 16.5. The predicted octanol–water partition coefficient (Wildman–Crippen LogP) is 3.70. The zero-order valence-electron chi connectivity index (χ0n) is 10.6. The molecule has 0 aromatic heterocycles. The van der Waals surface area contributed by atoms with Crippen molar-refractivity contribution in [1.82, 2.24) is 5.32 Å². The fourth-order valence-electron chi connectivity index (χ4n) is 2.97. The molecule has 4 rings (SSSR count). The molecule has 0 bridgehead atoms. The average Bonchev–Trinajstić information content (AvgIpc) is 2.62. The quantitative estimate of drug-likeness (QED) is 0.768. The molecule has 1 N–H and O–H groups in total. The summed E-state index contributed by atoms with van der Waals surface area (Å²) in [4.78, 5) is 0. The Bertz CT molecular complexity index is 615. The van der Waals surface area contributed by atoms with E-state index in [1.165, 1.54) is 22.3 Å². The van der Waals surface area contributed by atoms with Crippen LogP contribution in [0, 0.1) is 0 Å². The highest BCUT2D eigenvalue weighted by molar-refractivity contribution is 5.96. The Morgan fingerprint density at radius 3 is 2.16 bits per heavy atom. The summed E-state index contributed by atoms with van der Waals surface area (Å²) >= 11 is 0. The molecule has 0 fully saturated rings. The number of hydrogen-bond acceptors (Lipinski definition) is 2. The van der Waals surface area contributed by atoms with E-state index in [0.29, 0.717) is 0 Å². The average molecular weight is 249 g/mol. The third-order valence-electron chi connectivity index (χ3n) is 3.86. The number of nitrogens with one attached hydrogen (secondary N) is 1. The molecule has 2 aromatic carbocycles. The van der Waals surface area contributed by atoms with Crippen molar-refractivity contribution < 1.29 is 4.74 Å². The largest absolute Gasteiger partial charge is 0.456 e. The van der Waals surface area contributed by atoms with Crippen molar-refractivity contribution >= 4 is 11.1 Å². The molecule has 2 heteroatoms. The Morgan fingerprint density at radius 1 is 0.789 bits per heavy atom. The summed E-state index contributed by atoms with van der Waals surface area (Å²) in [6.45, 7) is 1.96. The molecule has 0 spiro atoms. The molecule has 0 atom stereocenters. The van der Waals surface area contributed by atoms with Crippen LogP contribution in [0.1, 0.15) is 17.5 Å². The van der Waals surface area contributed by atoms with E-state index in [2.05, 4.69) is 41.7 Å². The van der Waals surface area contributed by atoms with Crippen LogP contribution < -0.4 is 10.1 Å². The molecule has 2 nitrogen and oxygen atoms in total. The van der Waals surface area contributed by atoms with Gasteiger partial charge >= 0.3 is 0 Å². The van der Waals surface area contributed by atoms with Gasteiger partial charge in [0.2, 0.25) is 0 Å². The second-order valence-electron chi connectivity index (χ2n) is 4.98. The first-order valence-corrected chi connectivity index (χ1v) is 6.73. The molecule has 2 aliphatic heterocycles. The maximum absolute atomic E-state index is 6.12. The second kappa shape index (κ2) is 4.25. The number of fused-ring (bicyclic) bond motifs is 4. The van der Waals surface area contributed by atoms with Crippen molar-refractivity contribution in [3.8, 4) is 11.5 Å². The Kier molecular flexibility index (Phi) is 2.42. The van der Waals surface area contributed by atoms with Gasteiger partial charge in [0, 0.05) is 17.7 Å². The normalized spacial score (nSPS) is 16.8. The minimum Gasteiger partial charge on any atom is -0.456 e. The predicted molar refractivity (Wildman–Crippen MR) is 77.3 cm³/mol. The first kappa shape index (κ1) is 10.8. The van der Waals surface area contributed by atoms with Crippen molar-refractivity contribution in [2.45, 2.75) is 6.42 Å². The highest BCUT2D eigenvalue weighted by Crippen LogP contribution is 2.43. The molecule has 2 aromatic rings. The molecular formula is C17H15NO. The monoisotopic (exact) mass is 249 g/mol. The van der Waals surface area contributed by atoms with Gasteiger partial charge in [0.25, 0.3) is 0 Å². The smallest absolute Gasteiger partial charge is 0.135 e. The third-order valence-corrected chi connectivity index (χ3v) is 3.86. The van der Waals surface area contributed by atoms with Crippen molar-refractivity contribution in [2.75, 3.05) is 13.1 Å². The van der Waals surface area contributed by atoms with E-state index in [9.17, 15) is 0 Å². The van der Waals surface area contributed by atoms with Gasteiger partial charge in [0.15, 0.2) is 0 Å². The van der Waals surface area contributed by atoms with Crippen molar-refractivity contribution in [2.24, 2.45) is 0 Å². The fraction of sp³-hybridized carbons (Fsp3) is 0.176. The summed E-state index contributed by atoms with van der Waals surface area (Å²) in [6.07, 6.45) is 1.06. The van der Waals surface area contributed by atoms with Crippen LogP contribution >= 0.6 is 0 Å². The van der Waals surface area contributed by atoms with Gasteiger partial charge in [-0.1, -0.05) is 36.4 Å². The molecule has 0 aliphatic carbocycles. The van der Waals surface area contributed by atoms with Crippen LogP contribution in [-0.4, -0.2) is 13.1 Å². The first-order chi connectivity index (χ1) is 9.43. The number of benzene rings is 2. The Balaban J connectivity index is 2.04. The van der Waals surface area contributed by atoms with E-state index in [1.807, 2.05) is 12.1 Å². The van der Waals surface area contributed by atoms with E-state index in [4.69, 9.17) is 4.74 Å². The van der Waals surface area contributed by atoms with Crippen LogP contribution in [-0.2, 0) is 0 Å². The highest BCUT2D eigenvalue weighted by Gasteiger charge is 2.24. The third kappa shape index (κ3) is 1.68. The van der Waals surface area contributed by atoms with E-state index < -0.39 is 0 Å². The van der Waals surface area contributed by atoms with E-state index in [-0.39, 0.29) is 0 Å². The minimum atomic E-state index is 0.921. The summed E-state index contributed by atoms with van der Waals surface area (Å²) in [7, 11) is 0. The van der Waals surface area contributed by atoms with Crippen LogP contribution in [0.4, 0.5) is 0 Å². The molecule has 0 unspecified atom stereocenters. The zero-order valence-corrected chi connectivity index (χ0v) is 10.6. The second-order valence-corrected chi connectivity index (χ2v) is 4.98. The molecule has 0 saturated carbocycles. The summed E-state index contributed by atoms with van der Waals surface area (Å²) in [5, 5.41) is 3.47. The van der Waals surface area contributed by atoms with Gasteiger partial charge in [0.05, 0.1) is 0 Å². The van der Waals surface area contributed by atoms with Crippen molar-refractivity contribution in [3.05, 3.63) is 59.7 Å². The van der Waals surface area contributed by atoms with E-state index in [0.717, 1.165) is 31.0 Å². The first-order valence-electron chi connectivity index (χ1n) is 6.73. The maximum atomic E-state index is 6.12. The van der Waals surface area contributed by atoms with E-state index in [1.54, 1.807) is 0 Å². The lowest BCUT2D eigenvalue weighted by molar-refractivity contribution is 0.481. The van der Waals surface area contributed by atoms with Gasteiger partial charge < -0.3 is 10.1 Å². The Labute approximate surface area is 112 Å². The molecule has 19 heavy (non-hydrogen) atoms. The number of hydrogen-bond donors (Lipinski definition) is 1. The van der Waals surface area contributed by atoms with Crippen LogP contribution in [0.25, 0.3) is 11.1 Å². The zero-order chi connectivity index (χ0) is 12.7. The van der Waals surface area contributed by atoms with E-state index >= 15 is 0 Å². The van der Waals surface area contributed by atoms with Gasteiger partial charge in [-0.3, -0.25) is 0 Å². The lowest BCUT2D eigenvalue weighted by Crippen LogP contribution is -2.23. The lowest BCUT2D eigenvalue weighted by Gasteiger charge is -2.20. The topological polar surface area (TPSA) is 21.3 Å². The van der Waals surface area contributed by atoms with Crippen molar-refractivity contribution in [1.29, 1.82) is 0 Å². The van der Waals surface area contributed by atoms with Gasteiger partial charge in [-0.25, -0.2) is 0 Å². The van der Waals surface area contributed by atoms with Gasteiger partial charge in [-0.2, -0.15) is 0 Å². The van der Waals surface area contributed by atoms with Gasteiger partial charge in [-0.05, 0) is 36.2 Å². The summed E-state index contributed by atoms with van der Waals surface area (Å²) in [6, 6.07) is 16.7. The van der Waals surface area contributed by atoms with Crippen LogP contribution in [0.3, 0.4) is 0 Å². The number of para-hydroxylation sites is 2. The summed E-state index contributed by atoms with van der Waals surface area (Å²) in [5.41, 5.74) is 5.28. The lowest BCUT2D eigenvalue weighted by atomic mass is 9.90. The molecule has 2 aliphatic rings. The number of ether oxygens (including phenoxy) is 1. The Morgan fingerprint density at radius 2 is 1.42 bits per heavy atom. The molecule has 94 valence electrons. The molecule has 0 radical (unpaired) electrons. The standard InChI is InChI=1S/C17H15NO/c1-3-7-16-13(5-1)12-9-10-18-11-15(12)14-6-2-4-8-17(14)19-16/h1-8,18H,9-11H2. The van der Waals surface area contributed by atoms with Crippen LogP contribution in [0.2, 0.25) is 0 Å². The Hall–Kier alpha value is -2.06. The van der Waals surface area contributed by atoms with Crippen LogP contribution in [0.5, 0.6) is 11.5 Å². The SMILES string of the molecule is c1ccc2c(c1)Oc1ccccc1C1=C2CCNC1. The van der Waals surface area contributed by atoms with Crippen molar-refractivity contribution in [3.63, 3.8) is 0 Å². The summed E-state index contributed by atoms with van der Waals surface area (Å²) < 4.78 is 6.12. The molecular weight excluding hydrogens is 234 g/mol. The molecule has 2 heterocycles. The minimum absolute atomic E-state index is 0.921. The number of rotatable bonds is 0. The maximum Gasteiger partial charge on any atom is 0.135 e.